The van der Waals surface area contributed by atoms with Gasteiger partial charge in [0, 0.05) is 0 Å². The van der Waals surface area contributed by atoms with Crippen molar-refractivity contribution in [3.63, 3.8) is 0 Å². The summed E-state index contributed by atoms with van der Waals surface area (Å²) in [5, 5.41) is 12.7. The number of carboxylic acid groups (broad SMARTS) is 1. The minimum absolute atomic E-state index is 0.140. The molecule has 0 amide bonds. The van der Waals surface area contributed by atoms with Crippen molar-refractivity contribution in [3.05, 3.63) is 65.2 Å². The number of hydrogen-bond acceptors (Lipinski definition) is 3. The van der Waals surface area contributed by atoms with E-state index in [0.717, 1.165) is 12.1 Å². The molecular weight excluding hydrogens is 278 g/mol. The van der Waals surface area contributed by atoms with Gasteiger partial charge in [0.1, 0.15) is 11.6 Å². The number of benzene rings is 2. The van der Waals surface area contributed by atoms with E-state index in [9.17, 15) is 13.6 Å². The quantitative estimate of drug-likeness (QED) is 0.669. The lowest BCUT2D eigenvalue weighted by atomic mass is 10.1. The van der Waals surface area contributed by atoms with Crippen LogP contribution in [-0.2, 0) is 0 Å². The second-order valence-corrected chi connectivity index (χ2v) is 4.29. The number of hydrazone groups is 1. The highest BCUT2D eigenvalue weighted by Gasteiger charge is 2.11. The largest absolute Gasteiger partial charge is 0.478 e. The molecule has 0 fully saturated rings. The third kappa shape index (κ3) is 3.42. The summed E-state index contributed by atoms with van der Waals surface area (Å²) in [6.07, 6.45) is 0. The Morgan fingerprint density at radius 2 is 1.67 bits per heavy atom. The normalized spacial score (nSPS) is 11.3. The molecule has 6 heteroatoms. The molecule has 0 radical (unpaired) electrons. The van der Waals surface area contributed by atoms with Gasteiger partial charge in [-0.25, -0.2) is 13.6 Å². The number of rotatable bonds is 4. The molecule has 21 heavy (non-hydrogen) atoms. The summed E-state index contributed by atoms with van der Waals surface area (Å²) in [4.78, 5) is 10.7. The summed E-state index contributed by atoms with van der Waals surface area (Å²) in [6.45, 7) is 1.47. The zero-order chi connectivity index (χ0) is 15.4. The maximum absolute atomic E-state index is 13.6. The Balaban J connectivity index is 2.19. The molecule has 0 spiro atoms. The molecule has 0 bridgehead atoms. The van der Waals surface area contributed by atoms with Crippen LogP contribution in [0.1, 0.15) is 22.8 Å². The molecular formula is C15H12F2N2O2. The highest BCUT2D eigenvalue weighted by molar-refractivity contribution is 5.99. The van der Waals surface area contributed by atoms with E-state index >= 15 is 0 Å². The third-order valence-corrected chi connectivity index (χ3v) is 2.81. The minimum Gasteiger partial charge on any atom is -0.478 e. The maximum atomic E-state index is 13.6. The van der Waals surface area contributed by atoms with Crippen molar-refractivity contribution in [2.24, 2.45) is 5.10 Å². The monoisotopic (exact) mass is 290 g/mol. The molecule has 0 saturated carbocycles. The van der Waals surface area contributed by atoms with Crippen LogP contribution in [-0.4, -0.2) is 16.8 Å². The Kier molecular flexibility index (Phi) is 4.27. The molecule has 2 rings (SSSR count). The highest BCUT2D eigenvalue weighted by Crippen LogP contribution is 2.14. The fourth-order valence-electron chi connectivity index (χ4n) is 1.74. The van der Waals surface area contributed by atoms with Crippen molar-refractivity contribution in [3.8, 4) is 0 Å². The topological polar surface area (TPSA) is 61.7 Å². The van der Waals surface area contributed by atoms with Gasteiger partial charge in [-0.2, -0.15) is 5.10 Å². The molecule has 2 aromatic rings. The Morgan fingerprint density at radius 1 is 1.10 bits per heavy atom. The average molecular weight is 290 g/mol. The number of nitrogens with one attached hydrogen (secondary N) is 1. The fourth-order valence-corrected chi connectivity index (χ4v) is 1.74. The summed E-state index contributed by atoms with van der Waals surface area (Å²) < 4.78 is 27.1. The molecule has 2 aromatic carbocycles. The van der Waals surface area contributed by atoms with Gasteiger partial charge in [0.2, 0.25) is 0 Å². The van der Waals surface area contributed by atoms with Gasteiger partial charge in [-0.1, -0.05) is 6.07 Å². The number of hydrogen-bond donors (Lipinski definition) is 2. The second kappa shape index (κ2) is 6.13. The van der Waals surface area contributed by atoms with E-state index in [1.165, 1.54) is 37.3 Å². The molecule has 0 aromatic heterocycles. The number of nitrogens with zero attached hydrogens (tertiary/aromatic N) is 1. The first-order valence-corrected chi connectivity index (χ1v) is 6.07. The summed E-state index contributed by atoms with van der Waals surface area (Å²) in [6, 6.07) is 9.41. The molecule has 0 unspecified atom stereocenters. The SMILES string of the molecule is C/C(=N/Nc1ccc(C(=O)O)cc1)c1c(F)cccc1F. The lowest BCUT2D eigenvalue weighted by molar-refractivity contribution is 0.0697. The van der Waals surface area contributed by atoms with E-state index in [1.54, 1.807) is 0 Å². The van der Waals surface area contributed by atoms with Crippen LogP contribution in [0.4, 0.5) is 14.5 Å². The van der Waals surface area contributed by atoms with Gasteiger partial charge in [-0.05, 0) is 43.3 Å². The average Bonchev–Trinajstić information content (AvgIpc) is 2.45. The number of carbonyl (C=O) groups is 1. The van der Waals surface area contributed by atoms with E-state index in [0.29, 0.717) is 5.69 Å². The molecule has 2 N–H and O–H groups in total. The van der Waals surface area contributed by atoms with Crippen LogP contribution >= 0.6 is 0 Å². The molecule has 0 aliphatic carbocycles. The van der Waals surface area contributed by atoms with Gasteiger partial charge in [0.15, 0.2) is 0 Å². The minimum atomic E-state index is -1.03. The smallest absolute Gasteiger partial charge is 0.335 e. The first-order valence-electron chi connectivity index (χ1n) is 6.07. The van der Waals surface area contributed by atoms with Crippen LogP contribution in [0.3, 0.4) is 0 Å². The summed E-state index contributed by atoms with van der Waals surface area (Å²) in [5.74, 6) is -2.42. The van der Waals surface area contributed by atoms with Crippen molar-refractivity contribution >= 4 is 17.4 Å². The van der Waals surface area contributed by atoms with Crippen LogP contribution in [0.25, 0.3) is 0 Å². The van der Waals surface area contributed by atoms with Crippen molar-refractivity contribution in [1.29, 1.82) is 0 Å². The van der Waals surface area contributed by atoms with E-state index in [2.05, 4.69) is 10.5 Å². The van der Waals surface area contributed by atoms with Crippen LogP contribution in [0.15, 0.2) is 47.6 Å². The number of aromatic carboxylic acids is 1. The number of halogens is 2. The first kappa shape index (κ1) is 14.6. The Morgan fingerprint density at radius 3 is 2.19 bits per heavy atom. The molecule has 0 aliphatic rings. The van der Waals surface area contributed by atoms with Crippen molar-refractivity contribution in [2.45, 2.75) is 6.92 Å². The third-order valence-electron chi connectivity index (χ3n) is 2.81. The van der Waals surface area contributed by atoms with E-state index in [-0.39, 0.29) is 16.8 Å². The molecule has 0 atom stereocenters. The molecule has 4 nitrogen and oxygen atoms in total. The van der Waals surface area contributed by atoms with Crippen LogP contribution < -0.4 is 5.43 Å². The van der Waals surface area contributed by atoms with Crippen LogP contribution in [0.5, 0.6) is 0 Å². The van der Waals surface area contributed by atoms with E-state index in [4.69, 9.17) is 5.11 Å². The lowest BCUT2D eigenvalue weighted by Crippen LogP contribution is -2.05. The number of anilines is 1. The van der Waals surface area contributed by atoms with Crippen LogP contribution in [0.2, 0.25) is 0 Å². The first-order chi connectivity index (χ1) is 9.99. The van der Waals surface area contributed by atoms with Crippen LogP contribution in [0, 0.1) is 11.6 Å². The van der Waals surface area contributed by atoms with Crippen molar-refractivity contribution < 1.29 is 18.7 Å². The lowest BCUT2D eigenvalue weighted by Gasteiger charge is -2.06. The predicted octanol–water partition coefficient (Wildman–Crippen LogP) is 3.50. The van der Waals surface area contributed by atoms with Gasteiger partial charge in [-0.15, -0.1) is 0 Å². The molecule has 0 heterocycles. The van der Waals surface area contributed by atoms with Gasteiger partial charge in [0.25, 0.3) is 0 Å². The zero-order valence-corrected chi connectivity index (χ0v) is 11.1. The Bertz CT molecular complexity index is 677. The van der Waals surface area contributed by atoms with E-state index in [1.807, 2.05) is 0 Å². The molecule has 0 saturated heterocycles. The highest BCUT2D eigenvalue weighted by atomic mass is 19.1. The Hall–Kier alpha value is -2.76. The van der Waals surface area contributed by atoms with E-state index < -0.39 is 17.6 Å². The van der Waals surface area contributed by atoms with Gasteiger partial charge in [0.05, 0.1) is 22.5 Å². The van der Waals surface area contributed by atoms with Crippen molar-refractivity contribution in [1.82, 2.24) is 0 Å². The summed E-state index contributed by atoms with van der Waals surface area (Å²) in [7, 11) is 0. The van der Waals surface area contributed by atoms with Crippen molar-refractivity contribution in [2.75, 3.05) is 5.43 Å². The zero-order valence-electron chi connectivity index (χ0n) is 11.1. The van der Waals surface area contributed by atoms with Gasteiger partial charge < -0.3 is 5.11 Å². The summed E-state index contributed by atoms with van der Waals surface area (Å²) >= 11 is 0. The Labute approximate surface area is 119 Å². The fraction of sp³-hybridized carbons (Fsp3) is 0.0667. The van der Waals surface area contributed by atoms with Gasteiger partial charge in [-0.3, -0.25) is 5.43 Å². The maximum Gasteiger partial charge on any atom is 0.335 e. The molecule has 108 valence electrons. The summed E-state index contributed by atoms with van der Waals surface area (Å²) in [5.41, 5.74) is 3.22. The predicted molar refractivity (Wildman–Crippen MR) is 75.6 cm³/mol. The number of carboxylic acids is 1. The van der Waals surface area contributed by atoms with Gasteiger partial charge >= 0.3 is 5.97 Å². The standard InChI is InChI=1S/C15H12F2N2O2/c1-9(14-12(16)3-2-4-13(14)17)18-19-11-7-5-10(6-8-11)15(20)21/h2-8,19H,1H3,(H,20,21)/b18-9-. The second-order valence-electron chi connectivity index (χ2n) is 4.29. The molecule has 0 aliphatic heterocycles.